The van der Waals surface area contributed by atoms with Crippen LogP contribution in [0.3, 0.4) is 0 Å². The molecule has 0 unspecified atom stereocenters. The van der Waals surface area contributed by atoms with Crippen LogP contribution in [0.15, 0.2) is 16.7 Å². The molecule has 60 valence electrons. The number of nitrogens with zero attached hydrogens (tertiary/aromatic N) is 1. The zero-order chi connectivity index (χ0) is 8.10. The quantitative estimate of drug-likeness (QED) is 0.694. The highest BCUT2D eigenvalue weighted by molar-refractivity contribution is 5.43. The number of methoxy groups -OCH3 is 1. The third-order valence-electron chi connectivity index (χ3n) is 1.13. The molecule has 0 saturated carbocycles. The van der Waals surface area contributed by atoms with E-state index in [0.717, 1.165) is 0 Å². The fraction of sp³-hybridized carbons (Fsp3) is 0.286. The standard InChI is InChI=1S/C7H10N2O2/c1-10-7-5-6(11-9-7)3-2-4-8/h2-3,5H,4,8H2,1H3/b3-2+. The van der Waals surface area contributed by atoms with Crippen molar-refractivity contribution in [3.63, 3.8) is 0 Å². The van der Waals surface area contributed by atoms with Gasteiger partial charge in [-0.15, -0.1) is 0 Å². The van der Waals surface area contributed by atoms with Crippen LogP contribution >= 0.6 is 0 Å². The van der Waals surface area contributed by atoms with Gasteiger partial charge in [-0.2, -0.15) is 0 Å². The minimum atomic E-state index is 0.474. The Labute approximate surface area is 64.6 Å². The highest BCUT2D eigenvalue weighted by Gasteiger charge is 1.97. The van der Waals surface area contributed by atoms with Gasteiger partial charge >= 0.3 is 0 Å². The van der Waals surface area contributed by atoms with E-state index in [4.69, 9.17) is 15.0 Å². The first kappa shape index (κ1) is 7.81. The molecule has 0 aliphatic heterocycles. The van der Waals surface area contributed by atoms with Crippen LogP contribution in [0, 0.1) is 0 Å². The molecule has 0 aliphatic carbocycles. The highest BCUT2D eigenvalue weighted by Crippen LogP contribution is 2.11. The van der Waals surface area contributed by atoms with E-state index in [9.17, 15) is 0 Å². The molecule has 0 bridgehead atoms. The average molecular weight is 154 g/mol. The highest BCUT2D eigenvalue weighted by atomic mass is 16.5. The molecule has 0 saturated heterocycles. The molecule has 1 aromatic rings. The Bertz CT molecular complexity index is 242. The van der Waals surface area contributed by atoms with Crippen molar-refractivity contribution < 1.29 is 9.26 Å². The van der Waals surface area contributed by atoms with Crippen LogP contribution in [0.2, 0.25) is 0 Å². The van der Waals surface area contributed by atoms with Crippen molar-refractivity contribution in [1.29, 1.82) is 0 Å². The maximum absolute atomic E-state index is 5.24. The molecule has 4 heteroatoms. The molecule has 1 rings (SSSR count). The van der Waals surface area contributed by atoms with Gasteiger partial charge in [0.25, 0.3) is 5.88 Å². The third kappa shape index (κ3) is 2.09. The summed E-state index contributed by atoms with van der Waals surface area (Å²) in [6.45, 7) is 0.489. The number of rotatable bonds is 3. The van der Waals surface area contributed by atoms with Crippen molar-refractivity contribution in [3.8, 4) is 5.88 Å². The smallest absolute Gasteiger partial charge is 0.254 e. The van der Waals surface area contributed by atoms with E-state index in [1.54, 1.807) is 18.2 Å². The third-order valence-corrected chi connectivity index (χ3v) is 1.13. The molecule has 0 fully saturated rings. The van der Waals surface area contributed by atoms with Crippen molar-refractivity contribution in [1.82, 2.24) is 5.16 Å². The van der Waals surface area contributed by atoms with Crippen LogP contribution in [0.4, 0.5) is 0 Å². The first-order chi connectivity index (χ1) is 5.36. The van der Waals surface area contributed by atoms with Gasteiger partial charge in [-0.05, 0) is 11.2 Å². The second-order valence-electron chi connectivity index (χ2n) is 1.91. The summed E-state index contributed by atoms with van der Waals surface area (Å²) in [6.07, 6.45) is 3.52. The van der Waals surface area contributed by atoms with Gasteiger partial charge in [0.15, 0.2) is 5.76 Å². The van der Waals surface area contributed by atoms with Crippen molar-refractivity contribution in [2.75, 3.05) is 13.7 Å². The van der Waals surface area contributed by atoms with E-state index in [0.29, 0.717) is 18.2 Å². The molecular weight excluding hydrogens is 144 g/mol. The van der Waals surface area contributed by atoms with Gasteiger partial charge in [-0.1, -0.05) is 6.08 Å². The maximum Gasteiger partial charge on any atom is 0.254 e. The predicted octanol–water partition coefficient (Wildman–Crippen LogP) is 0.655. The van der Waals surface area contributed by atoms with E-state index in [1.807, 2.05) is 0 Å². The molecule has 1 heterocycles. The summed E-state index contributed by atoms with van der Waals surface area (Å²) in [5, 5.41) is 3.60. The summed E-state index contributed by atoms with van der Waals surface area (Å²) < 4.78 is 9.65. The number of nitrogens with two attached hydrogens (primary N) is 1. The summed E-state index contributed by atoms with van der Waals surface area (Å²) in [7, 11) is 1.54. The second kappa shape index (κ2) is 3.78. The van der Waals surface area contributed by atoms with Crippen LogP contribution in [-0.4, -0.2) is 18.8 Å². The second-order valence-corrected chi connectivity index (χ2v) is 1.91. The van der Waals surface area contributed by atoms with Gasteiger partial charge in [0.05, 0.1) is 7.11 Å². The Morgan fingerprint density at radius 3 is 3.18 bits per heavy atom. The topological polar surface area (TPSA) is 61.3 Å². The molecule has 2 N–H and O–H groups in total. The van der Waals surface area contributed by atoms with Gasteiger partial charge in [0, 0.05) is 12.6 Å². The molecule has 4 nitrogen and oxygen atoms in total. The van der Waals surface area contributed by atoms with Crippen LogP contribution in [-0.2, 0) is 0 Å². The monoisotopic (exact) mass is 154 g/mol. The summed E-state index contributed by atoms with van der Waals surface area (Å²) in [5.74, 6) is 1.12. The van der Waals surface area contributed by atoms with Gasteiger partial charge in [0.1, 0.15) is 0 Å². The van der Waals surface area contributed by atoms with Crippen LogP contribution < -0.4 is 10.5 Å². The van der Waals surface area contributed by atoms with Crippen molar-refractivity contribution >= 4 is 6.08 Å². The van der Waals surface area contributed by atoms with Crippen LogP contribution in [0.1, 0.15) is 5.76 Å². The van der Waals surface area contributed by atoms with Gasteiger partial charge < -0.3 is 15.0 Å². The maximum atomic E-state index is 5.24. The lowest BCUT2D eigenvalue weighted by atomic mass is 10.4. The normalized spacial score (nSPS) is 10.7. The Morgan fingerprint density at radius 2 is 2.64 bits per heavy atom. The molecule has 1 aromatic heterocycles. The van der Waals surface area contributed by atoms with E-state index < -0.39 is 0 Å². The number of aromatic nitrogens is 1. The molecule has 11 heavy (non-hydrogen) atoms. The predicted molar refractivity (Wildman–Crippen MR) is 41.1 cm³/mol. The Kier molecular flexibility index (Phi) is 2.68. The summed E-state index contributed by atoms with van der Waals surface area (Å²) >= 11 is 0. The van der Waals surface area contributed by atoms with Gasteiger partial charge in [-0.25, -0.2) is 0 Å². The lowest BCUT2D eigenvalue weighted by Gasteiger charge is -1.83. The SMILES string of the molecule is COc1cc(/C=C/CN)on1. The Hall–Kier alpha value is -1.29. The minimum absolute atomic E-state index is 0.474. The zero-order valence-corrected chi connectivity index (χ0v) is 6.28. The first-order valence-corrected chi connectivity index (χ1v) is 3.24. The van der Waals surface area contributed by atoms with E-state index in [-0.39, 0.29) is 0 Å². The fourth-order valence-corrected chi connectivity index (χ4v) is 0.631. The summed E-state index contributed by atoms with van der Waals surface area (Å²) in [6, 6.07) is 1.69. The first-order valence-electron chi connectivity index (χ1n) is 3.24. The Morgan fingerprint density at radius 1 is 1.82 bits per heavy atom. The Balaban J connectivity index is 2.65. The summed E-state index contributed by atoms with van der Waals surface area (Å²) in [5.41, 5.74) is 5.24. The number of hydrogen-bond acceptors (Lipinski definition) is 4. The number of hydrogen-bond donors (Lipinski definition) is 1. The van der Waals surface area contributed by atoms with Crippen LogP contribution in [0.25, 0.3) is 6.08 Å². The lowest BCUT2D eigenvalue weighted by Crippen LogP contribution is -1.91. The number of ether oxygens (including phenoxy) is 1. The molecule has 0 spiro atoms. The fourth-order valence-electron chi connectivity index (χ4n) is 0.631. The van der Waals surface area contributed by atoms with Gasteiger partial charge in [-0.3, -0.25) is 0 Å². The van der Waals surface area contributed by atoms with Crippen molar-refractivity contribution in [3.05, 3.63) is 17.9 Å². The van der Waals surface area contributed by atoms with E-state index >= 15 is 0 Å². The van der Waals surface area contributed by atoms with Gasteiger partial charge in [0.2, 0.25) is 0 Å². The molecule has 0 radical (unpaired) electrons. The van der Waals surface area contributed by atoms with Crippen molar-refractivity contribution in [2.45, 2.75) is 0 Å². The van der Waals surface area contributed by atoms with E-state index in [2.05, 4.69) is 5.16 Å². The largest absolute Gasteiger partial charge is 0.479 e. The lowest BCUT2D eigenvalue weighted by molar-refractivity contribution is 0.336. The van der Waals surface area contributed by atoms with Crippen molar-refractivity contribution in [2.24, 2.45) is 5.73 Å². The van der Waals surface area contributed by atoms with Crippen LogP contribution in [0.5, 0.6) is 5.88 Å². The molecule has 0 aliphatic rings. The zero-order valence-electron chi connectivity index (χ0n) is 6.28. The molecule has 0 aromatic carbocycles. The van der Waals surface area contributed by atoms with E-state index in [1.165, 1.54) is 7.11 Å². The summed E-state index contributed by atoms with van der Waals surface area (Å²) in [4.78, 5) is 0. The molecule has 0 amide bonds. The molecular formula is C7H10N2O2. The minimum Gasteiger partial charge on any atom is -0.479 e. The molecule has 0 atom stereocenters. The average Bonchev–Trinajstić information content (AvgIpc) is 2.48.